The Morgan fingerprint density at radius 1 is 0.882 bits per heavy atom. The maximum Gasteiger partial charge on any atom is 0.414 e. The normalized spacial score (nSPS) is 11.4. The molecule has 0 fully saturated rings. The molecule has 0 spiro atoms. The maximum atomic E-state index is 13.4. The summed E-state index contributed by atoms with van der Waals surface area (Å²) in [5, 5.41) is 2.83. The van der Waals surface area contributed by atoms with Gasteiger partial charge in [-0.3, -0.25) is 14.5 Å². The molecule has 11 nitrogen and oxygen atoms in total. The van der Waals surface area contributed by atoms with E-state index >= 15 is 0 Å². The molecule has 3 aromatic rings. The summed E-state index contributed by atoms with van der Waals surface area (Å²) in [4.78, 5) is 42.2. The molecule has 12 heteroatoms. The third kappa shape index (κ3) is 14.0. The molecule has 3 amide bonds. The number of ether oxygens (including phenoxy) is 2. The molecule has 3 aromatic carbocycles. The molecule has 0 aliphatic carbocycles. The van der Waals surface area contributed by atoms with Gasteiger partial charge in [-0.05, 0) is 88.9 Å². The molecule has 0 aliphatic heterocycles. The van der Waals surface area contributed by atoms with Crippen molar-refractivity contribution in [3.63, 3.8) is 0 Å². The molecular weight excluding hydrogens is 669 g/mol. The molecule has 0 saturated carbocycles. The Bertz CT molecular complexity index is 1670. The van der Waals surface area contributed by atoms with Gasteiger partial charge in [-0.25, -0.2) is 13.2 Å². The quantitative estimate of drug-likeness (QED) is 0.177. The Labute approximate surface area is 305 Å². The van der Waals surface area contributed by atoms with Gasteiger partial charge in [0.15, 0.2) is 0 Å². The van der Waals surface area contributed by atoms with Gasteiger partial charge in [-0.2, -0.15) is 4.31 Å². The molecule has 51 heavy (non-hydrogen) atoms. The van der Waals surface area contributed by atoms with Gasteiger partial charge in [0.25, 0.3) is 11.8 Å². The summed E-state index contributed by atoms with van der Waals surface area (Å²) in [6, 6.07) is 21.1. The van der Waals surface area contributed by atoms with E-state index in [9.17, 15) is 22.8 Å². The first-order chi connectivity index (χ1) is 23.9. The molecule has 0 radical (unpaired) electrons. The highest BCUT2D eigenvalue weighted by atomic mass is 32.2. The van der Waals surface area contributed by atoms with Crippen molar-refractivity contribution in [3.8, 4) is 5.75 Å². The predicted octanol–water partition coefficient (Wildman–Crippen LogP) is 7.01. The van der Waals surface area contributed by atoms with Crippen molar-refractivity contribution in [1.82, 2.24) is 14.5 Å². The number of hydrogen-bond donors (Lipinski definition) is 1. The average molecular weight is 725 g/mol. The van der Waals surface area contributed by atoms with Crippen LogP contribution < -0.4 is 15.0 Å². The Kier molecular flexibility index (Phi) is 16.6. The number of amides is 3. The van der Waals surface area contributed by atoms with Crippen LogP contribution in [-0.4, -0.2) is 88.5 Å². The molecule has 3 rings (SSSR count). The summed E-state index contributed by atoms with van der Waals surface area (Å²) in [6.07, 6.45) is 0.490. The highest BCUT2D eigenvalue weighted by Crippen LogP contribution is 2.23. The lowest BCUT2D eigenvalue weighted by molar-refractivity contribution is 0.0588. The van der Waals surface area contributed by atoms with E-state index in [0.717, 1.165) is 6.42 Å². The highest BCUT2D eigenvalue weighted by molar-refractivity contribution is 7.89. The first-order valence-electron chi connectivity index (χ1n) is 17.2. The summed E-state index contributed by atoms with van der Waals surface area (Å²) in [5.41, 5.74) is 1.37. The van der Waals surface area contributed by atoms with Crippen molar-refractivity contribution in [2.45, 2.75) is 71.8 Å². The molecule has 280 valence electrons. The first-order valence-corrected chi connectivity index (χ1v) is 18.6. The van der Waals surface area contributed by atoms with Crippen LogP contribution in [0, 0.1) is 12.8 Å². The fourth-order valence-electron chi connectivity index (χ4n) is 4.86. The first kappa shape index (κ1) is 42.7. The third-order valence-corrected chi connectivity index (χ3v) is 9.34. The SMILES string of the molecule is CCCN(C)C(=O)c1cc(C(=O)NCCCN(CC(C)C)S(=O)(=O)c2ccc(OC)cc2)cc(N(C)C(=O)OC(C)(C)C)c1.Cc1ccccc1. The highest BCUT2D eigenvalue weighted by Gasteiger charge is 2.26. The van der Waals surface area contributed by atoms with Crippen LogP contribution in [0.15, 0.2) is 77.7 Å². The van der Waals surface area contributed by atoms with E-state index in [0.29, 0.717) is 30.9 Å². The Morgan fingerprint density at radius 2 is 1.49 bits per heavy atom. The van der Waals surface area contributed by atoms with Crippen LogP contribution in [-0.2, 0) is 14.8 Å². The zero-order valence-corrected chi connectivity index (χ0v) is 32.7. The number of anilines is 1. The van der Waals surface area contributed by atoms with E-state index in [1.165, 1.54) is 53.2 Å². The average Bonchev–Trinajstić information content (AvgIpc) is 3.08. The van der Waals surface area contributed by atoms with Gasteiger partial charge in [0.1, 0.15) is 11.4 Å². The molecule has 0 bridgehead atoms. The number of methoxy groups -OCH3 is 1. The number of aryl methyl sites for hydroxylation is 1. The minimum absolute atomic E-state index is 0.0871. The molecule has 0 saturated heterocycles. The molecule has 0 unspecified atom stereocenters. The fraction of sp³-hybridized carbons (Fsp3) is 0.462. The van der Waals surface area contributed by atoms with Crippen LogP contribution in [0.2, 0.25) is 0 Å². The number of carbonyl (C=O) groups excluding carboxylic acids is 3. The minimum atomic E-state index is -3.76. The van der Waals surface area contributed by atoms with Crippen molar-refractivity contribution >= 4 is 33.6 Å². The lowest BCUT2D eigenvalue weighted by Crippen LogP contribution is -2.37. The number of sulfonamides is 1. The zero-order valence-electron chi connectivity index (χ0n) is 31.9. The molecule has 1 N–H and O–H groups in total. The van der Waals surface area contributed by atoms with Crippen molar-refractivity contribution in [2.75, 3.05) is 52.3 Å². The second-order valence-electron chi connectivity index (χ2n) is 13.7. The van der Waals surface area contributed by atoms with Crippen molar-refractivity contribution in [1.29, 1.82) is 0 Å². The molecule has 0 aliphatic rings. The van der Waals surface area contributed by atoms with Gasteiger partial charge in [0, 0.05) is 57.1 Å². The van der Waals surface area contributed by atoms with E-state index < -0.39 is 27.6 Å². The van der Waals surface area contributed by atoms with Gasteiger partial charge in [-0.1, -0.05) is 56.7 Å². The van der Waals surface area contributed by atoms with Crippen LogP contribution in [0.5, 0.6) is 5.75 Å². The zero-order chi connectivity index (χ0) is 38.4. The minimum Gasteiger partial charge on any atom is -0.497 e. The van der Waals surface area contributed by atoms with Crippen LogP contribution >= 0.6 is 0 Å². The van der Waals surface area contributed by atoms with Gasteiger partial charge in [0.2, 0.25) is 10.0 Å². The largest absolute Gasteiger partial charge is 0.497 e. The van der Waals surface area contributed by atoms with Gasteiger partial charge < -0.3 is 19.7 Å². The molecule has 0 atom stereocenters. The van der Waals surface area contributed by atoms with E-state index in [4.69, 9.17) is 9.47 Å². The molecule has 0 aromatic heterocycles. The lowest BCUT2D eigenvalue weighted by Gasteiger charge is -2.25. The van der Waals surface area contributed by atoms with Crippen LogP contribution in [0.4, 0.5) is 10.5 Å². The summed E-state index contributed by atoms with van der Waals surface area (Å²) in [5.74, 6) is -0.0899. The van der Waals surface area contributed by atoms with Crippen LogP contribution in [0.1, 0.15) is 80.7 Å². The standard InChI is InChI=1S/C32H48N4O7S.C7H8/c1-10-17-34(7)30(38)25-19-24(20-26(21-25)35(8)31(39)43-32(4,5)6)29(37)33-16-11-18-36(22-23(2)3)44(40,41)28-14-12-27(42-9)13-15-28;1-7-5-3-2-4-6-7/h12-15,19-21,23H,10-11,16-18,22H2,1-9H3,(H,33,37);2-6H,1H3. The molecule has 0 heterocycles. The topological polar surface area (TPSA) is 126 Å². The maximum absolute atomic E-state index is 13.4. The van der Waals surface area contributed by atoms with E-state index in [-0.39, 0.29) is 40.9 Å². The van der Waals surface area contributed by atoms with Gasteiger partial charge in [0.05, 0.1) is 12.0 Å². The summed E-state index contributed by atoms with van der Waals surface area (Å²) >= 11 is 0. The van der Waals surface area contributed by atoms with Gasteiger partial charge >= 0.3 is 6.09 Å². The van der Waals surface area contributed by atoms with Crippen molar-refractivity contribution in [2.24, 2.45) is 5.92 Å². The predicted molar refractivity (Wildman–Crippen MR) is 203 cm³/mol. The van der Waals surface area contributed by atoms with Gasteiger partial charge in [-0.15, -0.1) is 0 Å². The van der Waals surface area contributed by atoms with Crippen molar-refractivity contribution < 1.29 is 32.3 Å². The van der Waals surface area contributed by atoms with Crippen LogP contribution in [0.3, 0.4) is 0 Å². The Morgan fingerprint density at radius 3 is 2.00 bits per heavy atom. The van der Waals surface area contributed by atoms with E-state index in [2.05, 4.69) is 24.4 Å². The monoisotopic (exact) mass is 724 g/mol. The number of hydrogen-bond acceptors (Lipinski definition) is 7. The summed E-state index contributed by atoms with van der Waals surface area (Å²) < 4.78 is 38.8. The fourth-order valence-corrected chi connectivity index (χ4v) is 6.50. The van der Waals surface area contributed by atoms with E-state index in [1.54, 1.807) is 50.9 Å². The number of nitrogens with zero attached hydrogens (tertiary/aromatic N) is 3. The summed E-state index contributed by atoms with van der Waals surface area (Å²) in [7, 11) is 0.946. The number of carbonyl (C=O) groups is 3. The number of benzene rings is 3. The third-order valence-electron chi connectivity index (χ3n) is 7.46. The summed E-state index contributed by atoms with van der Waals surface area (Å²) in [6.45, 7) is 14.4. The number of nitrogens with one attached hydrogen (secondary N) is 1. The Hall–Kier alpha value is -4.42. The lowest BCUT2D eigenvalue weighted by atomic mass is 10.1. The second kappa shape index (κ2) is 19.8. The van der Waals surface area contributed by atoms with Crippen molar-refractivity contribution in [3.05, 3.63) is 89.5 Å². The molecular formula is C39H56N4O7S. The smallest absolute Gasteiger partial charge is 0.414 e. The second-order valence-corrected chi connectivity index (χ2v) is 15.7. The van der Waals surface area contributed by atoms with E-state index in [1.807, 2.05) is 39.0 Å². The number of rotatable bonds is 14. The van der Waals surface area contributed by atoms with Crippen LogP contribution in [0.25, 0.3) is 0 Å². The Balaban J connectivity index is 0.00000114.